The van der Waals surface area contributed by atoms with Gasteiger partial charge in [0.05, 0.1) is 36.7 Å². The zero-order valence-corrected chi connectivity index (χ0v) is 16.1. The molecule has 0 radical (unpaired) electrons. The summed E-state index contributed by atoms with van der Waals surface area (Å²) in [5, 5.41) is 7.99. The number of nitrogens with zero attached hydrogens (tertiary/aromatic N) is 7. The van der Waals surface area contributed by atoms with Crippen molar-refractivity contribution >= 4 is 17.7 Å². The van der Waals surface area contributed by atoms with Gasteiger partial charge >= 0.3 is 6.09 Å². The van der Waals surface area contributed by atoms with E-state index in [1.165, 1.54) is 0 Å². The Balaban J connectivity index is 1.80. The fraction of sp³-hybridized carbons (Fsp3) is 0.706. The second kappa shape index (κ2) is 7.11. The fourth-order valence-corrected chi connectivity index (χ4v) is 3.47. The van der Waals surface area contributed by atoms with Crippen LogP contribution in [0.1, 0.15) is 39.8 Å². The van der Waals surface area contributed by atoms with Gasteiger partial charge in [-0.3, -0.25) is 14.4 Å². The first-order chi connectivity index (χ1) is 12.7. The molecule has 2 amide bonds. The van der Waals surface area contributed by atoms with E-state index in [2.05, 4.69) is 15.1 Å². The van der Waals surface area contributed by atoms with Crippen LogP contribution in [0.4, 0.5) is 10.5 Å². The Labute approximate surface area is 157 Å². The normalized spacial score (nSPS) is 22.4. The number of ether oxygens (including phenoxy) is 1. The zero-order chi connectivity index (χ0) is 19.8. The summed E-state index contributed by atoms with van der Waals surface area (Å²) >= 11 is 0. The molecule has 2 aliphatic rings. The maximum atomic E-state index is 12.6. The number of rotatable bonds is 3. The summed E-state index contributed by atoms with van der Waals surface area (Å²) in [5.41, 5.74) is 9.44. The maximum Gasteiger partial charge on any atom is 0.410 e. The van der Waals surface area contributed by atoms with Crippen LogP contribution < -0.4 is 4.90 Å². The van der Waals surface area contributed by atoms with Gasteiger partial charge in [-0.25, -0.2) is 4.79 Å². The number of fused-ring (bicyclic) bond motifs is 1. The lowest BCUT2D eigenvalue weighted by molar-refractivity contribution is -0.117. The topological polar surface area (TPSA) is 116 Å². The SMILES string of the molecule is C[C@H]1Cn2ncc(N3CC(CN=[N+]=[N-])CC3=O)c2CN1C(=O)OC(C)(C)C. The van der Waals surface area contributed by atoms with Crippen LogP contribution in [0.15, 0.2) is 11.3 Å². The van der Waals surface area contributed by atoms with E-state index in [0.717, 1.165) is 5.69 Å². The molecule has 0 spiro atoms. The van der Waals surface area contributed by atoms with Crippen molar-refractivity contribution in [3.63, 3.8) is 0 Å². The highest BCUT2D eigenvalue weighted by Crippen LogP contribution is 2.32. The molecule has 1 aromatic heterocycles. The average Bonchev–Trinajstić information content (AvgIpc) is 3.13. The van der Waals surface area contributed by atoms with Gasteiger partial charge in [-0.05, 0) is 39.1 Å². The third-order valence-electron chi connectivity index (χ3n) is 4.74. The average molecular weight is 375 g/mol. The lowest BCUT2D eigenvalue weighted by Crippen LogP contribution is -2.47. The standard InChI is InChI=1S/C17H25N7O3/c1-11-8-24-14(10-22(11)16(26)27-17(2,3)4)13(7-20-24)23-9-12(5-15(23)25)6-19-21-18/h7,11-12H,5-6,8-10H2,1-4H3/t11-,12?/m0/s1. The Morgan fingerprint density at radius 1 is 1.44 bits per heavy atom. The summed E-state index contributed by atoms with van der Waals surface area (Å²) in [4.78, 5) is 31.1. The number of aromatic nitrogens is 2. The van der Waals surface area contributed by atoms with Crippen LogP contribution in [0.2, 0.25) is 0 Å². The molecule has 2 atom stereocenters. The van der Waals surface area contributed by atoms with Crippen LogP contribution in [0.25, 0.3) is 10.4 Å². The first kappa shape index (κ1) is 19.0. The molecular weight excluding hydrogens is 350 g/mol. The van der Waals surface area contributed by atoms with E-state index in [1.54, 1.807) is 16.0 Å². The van der Waals surface area contributed by atoms with Gasteiger partial charge in [0, 0.05) is 24.4 Å². The third kappa shape index (κ3) is 4.00. The van der Waals surface area contributed by atoms with Gasteiger partial charge in [0.2, 0.25) is 5.91 Å². The summed E-state index contributed by atoms with van der Waals surface area (Å²) in [7, 11) is 0. The predicted octanol–water partition coefficient (Wildman–Crippen LogP) is 2.69. The van der Waals surface area contributed by atoms with E-state index in [0.29, 0.717) is 38.3 Å². The summed E-state index contributed by atoms with van der Waals surface area (Å²) in [6, 6.07) is -0.0629. The fourth-order valence-electron chi connectivity index (χ4n) is 3.47. The van der Waals surface area contributed by atoms with Gasteiger partial charge in [-0.1, -0.05) is 5.11 Å². The minimum absolute atomic E-state index is 0.00609. The molecule has 1 fully saturated rings. The molecule has 10 heteroatoms. The number of anilines is 1. The first-order valence-electron chi connectivity index (χ1n) is 9.05. The Morgan fingerprint density at radius 2 is 2.19 bits per heavy atom. The van der Waals surface area contributed by atoms with Crippen LogP contribution in [0.5, 0.6) is 0 Å². The zero-order valence-electron chi connectivity index (χ0n) is 16.1. The lowest BCUT2D eigenvalue weighted by Gasteiger charge is -2.36. The predicted molar refractivity (Wildman–Crippen MR) is 97.9 cm³/mol. The molecule has 27 heavy (non-hydrogen) atoms. The smallest absolute Gasteiger partial charge is 0.410 e. The highest BCUT2D eigenvalue weighted by atomic mass is 16.6. The van der Waals surface area contributed by atoms with Crippen LogP contribution in [-0.4, -0.2) is 51.4 Å². The van der Waals surface area contributed by atoms with Gasteiger partial charge in [0.25, 0.3) is 0 Å². The summed E-state index contributed by atoms with van der Waals surface area (Å²) < 4.78 is 7.36. The maximum absolute atomic E-state index is 12.6. The molecule has 1 saturated heterocycles. The summed E-state index contributed by atoms with van der Waals surface area (Å²) in [6.45, 7) is 9.10. The molecule has 1 aromatic rings. The Hall–Kier alpha value is -2.74. The van der Waals surface area contributed by atoms with Crippen molar-refractivity contribution in [1.82, 2.24) is 14.7 Å². The number of carbonyl (C=O) groups excluding carboxylic acids is 2. The summed E-state index contributed by atoms with van der Waals surface area (Å²) in [5.74, 6) is -0.0280. The van der Waals surface area contributed by atoms with Crippen LogP contribution in [-0.2, 0) is 22.6 Å². The second-order valence-corrected chi connectivity index (χ2v) is 8.10. The van der Waals surface area contributed by atoms with Crippen LogP contribution >= 0.6 is 0 Å². The van der Waals surface area contributed by atoms with Crippen molar-refractivity contribution < 1.29 is 14.3 Å². The van der Waals surface area contributed by atoms with E-state index in [9.17, 15) is 9.59 Å². The molecule has 0 aromatic carbocycles. The molecule has 1 unspecified atom stereocenters. The molecule has 146 valence electrons. The molecule has 2 aliphatic heterocycles. The Bertz CT molecular complexity index is 791. The van der Waals surface area contributed by atoms with Crippen molar-refractivity contribution in [2.75, 3.05) is 18.0 Å². The molecule has 0 saturated carbocycles. The molecule has 0 aliphatic carbocycles. The molecule has 3 rings (SSSR count). The monoisotopic (exact) mass is 375 g/mol. The van der Waals surface area contributed by atoms with Gasteiger partial charge < -0.3 is 9.64 Å². The quantitative estimate of drug-likeness (QED) is 0.458. The first-order valence-corrected chi connectivity index (χ1v) is 9.05. The Morgan fingerprint density at radius 3 is 2.85 bits per heavy atom. The minimum atomic E-state index is -0.573. The van der Waals surface area contributed by atoms with Crippen LogP contribution in [0, 0.1) is 5.92 Å². The lowest BCUT2D eigenvalue weighted by atomic mass is 10.1. The Kier molecular flexibility index (Phi) is 5.01. The highest BCUT2D eigenvalue weighted by molar-refractivity contribution is 5.96. The number of amides is 2. The van der Waals surface area contributed by atoms with Crippen molar-refractivity contribution in [3.8, 4) is 0 Å². The molecule has 10 nitrogen and oxygen atoms in total. The van der Waals surface area contributed by atoms with Gasteiger partial charge in [-0.2, -0.15) is 5.10 Å². The van der Waals surface area contributed by atoms with E-state index < -0.39 is 5.60 Å². The van der Waals surface area contributed by atoms with Crippen molar-refractivity contribution in [3.05, 3.63) is 22.3 Å². The number of azide groups is 1. The molecule has 0 N–H and O–H groups in total. The van der Waals surface area contributed by atoms with Crippen molar-refractivity contribution in [1.29, 1.82) is 0 Å². The van der Waals surface area contributed by atoms with E-state index in [1.807, 2.05) is 32.4 Å². The largest absolute Gasteiger partial charge is 0.444 e. The van der Waals surface area contributed by atoms with Crippen LogP contribution in [0.3, 0.4) is 0 Å². The number of carbonyl (C=O) groups is 2. The van der Waals surface area contributed by atoms with Crippen molar-refractivity contribution in [2.45, 2.75) is 58.8 Å². The van der Waals surface area contributed by atoms with E-state index in [4.69, 9.17) is 10.3 Å². The number of hydrogen-bond donors (Lipinski definition) is 0. The molecule has 0 bridgehead atoms. The van der Waals surface area contributed by atoms with E-state index >= 15 is 0 Å². The van der Waals surface area contributed by atoms with Gasteiger partial charge in [0.1, 0.15) is 5.60 Å². The van der Waals surface area contributed by atoms with Gasteiger partial charge in [0.15, 0.2) is 0 Å². The minimum Gasteiger partial charge on any atom is -0.444 e. The highest BCUT2D eigenvalue weighted by Gasteiger charge is 2.37. The third-order valence-corrected chi connectivity index (χ3v) is 4.74. The molecular formula is C17H25N7O3. The number of hydrogen-bond acceptors (Lipinski definition) is 5. The van der Waals surface area contributed by atoms with Gasteiger partial charge in [-0.15, -0.1) is 0 Å². The van der Waals surface area contributed by atoms with Crippen molar-refractivity contribution in [2.24, 2.45) is 11.0 Å². The second-order valence-electron chi connectivity index (χ2n) is 8.10. The summed E-state index contributed by atoms with van der Waals surface area (Å²) in [6.07, 6.45) is 1.65. The van der Waals surface area contributed by atoms with E-state index in [-0.39, 0.29) is 24.0 Å². The molecule has 3 heterocycles.